The third-order valence-corrected chi connectivity index (χ3v) is 12.6. The Labute approximate surface area is 247 Å². The molecule has 0 aliphatic carbocycles. The SMILES string of the molecule is C[C@H](Cc1cccc(CC(=O)N(C)Cc2ccccc2)c1)NC[C@H](O[Si](C)(C)C(C)(C)C)c1ccc(O)c(CO)c1. The predicted octanol–water partition coefficient (Wildman–Crippen LogP) is 6.37. The molecule has 0 aromatic heterocycles. The van der Waals surface area contributed by atoms with Gasteiger partial charge in [0.15, 0.2) is 8.32 Å². The summed E-state index contributed by atoms with van der Waals surface area (Å²) >= 11 is 0. The second-order valence-electron chi connectivity index (χ2n) is 12.7. The van der Waals surface area contributed by atoms with Gasteiger partial charge in [0, 0.05) is 31.7 Å². The van der Waals surface area contributed by atoms with Gasteiger partial charge in [-0.05, 0) is 65.9 Å². The Morgan fingerprint density at radius 1 is 0.976 bits per heavy atom. The van der Waals surface area contributed by atoms with E-state index in [-0.39, 0.29) is 35.4 Å². The summed E-state index contributed by atoms with van der Waals surface area (Å²) < 4.78 is 6.83. The Balaban J connectivity index is 1.65. The van der Waals surface area contributed by atoms with Crippen LogP contribution < -0.4 is 5.32 Å². The lowest BCUT2D eigenvalue weighted by atomic mass is 10.0. The van der Waals surface area contributed by atoms with Crippen LogP contribution in [0.2, 0.25) is 18.1 Å². The largest absolute Gasteiger partial charge is 0.508 e. The van der Waals surface area contributed by atoms with Gasteiger partial charge < -0.3 is 24.9 Å². The van der Waals surface area contributed by atoms with E-state index in [1.54, 1.807) is 11.0 Å². The van der Waals surface area contributed by atoms with Gasteiger partial charge in [0.05, 0.1) is 19.1 Å². The summed E-state index contributed by atoms with van der Waals surface area (Å²) in [6, 6.07) is 23.8. The van der Waals surface area contributed by atoms with E-state index in [0.717, 1.165) is 23.1 Å². The van der Waals surface area contributed by atoms with Gasteiger partial charge >= 0.3 is 0 Å². The molecule has 0 spiro atoms. The van der Waals surface area contributed by atoms with Crippen molar-refractivity contribution >= 4 is 14.2 Å². The maximum atomic E-state index is 12.9. The van der Waals surface area contributed by atoms with E-state index in [1.807, 2.05) is 61.6 Å². The monoisotopic (exact) mass is 576 g/mol. The van der Waals surface area contributed by atoms with E-state index in [1.165, 1.54) is 5.56 Å². The van der Waals surface area contributed by atoms with E-state index in [9.17, 15) is 15.0 Å². The Hall–Kier alpha value is -2.97. The van der Waals surface area contributed by atoms with Crippen molar-refractivity contribution < 1.29 is 19.4 Å². The van der Waals surface area contributed by atoms with Crippen LogP contribution in [0.15, 0.2) is 72.8 Å². The topological polar surface area (TPSA) is 82.0 Å². The zero-order chi connectivity index (χ0) is 30.2. The van der Waals surface area contributed by atoms with Gasteiger partial charge in [-0.1, -0.05) is 81.4 Å². The summed E-state index contributed by atoms with van der Waals surface area (Å²) in [6.07, 6.45) is 0.968. The van der Waals surface area contributed by atoms with Crippen LogP contribution in [-0.4, -0.2) is 49.0 Å². The molecule has 222 valence electrons. The Kier molecular flexibility index (Phi) is 11.3. The van der Waals surface area contributed by atoms with Gasteiger partial charge in [0.1, 0.15) is 5.75 Å². The normalized spacial score (nSPS) is 13.6. The lowest BCUT2D eigenvalue weighted by Gasteiger charge is -2.40. The number of amides is 1. The van der Waals surface area contributed by atoms with Crippen molar-refractivity contribution in [3.05, 3.63) is 101 Å². The number of nitrogens with zero attached hydrogens (tertiary/aromatic N) is 1. The summed E-state index contributed by atoms with van der Waals surface area (Å²) in [5.41, 5.74) is 4.75. The molecule has 2 atom stereocenters. The van der Waals surface area contributed by atoms with Crippen LogP contribution in [-0.2, 0) is 35.2 Å². The summed E-state index contributed by atoms with van der Waals surface area (Å²) in [6.45, 7) is 14.3. The Bertz CT molecular complexity index is 1270. The smallest absolute Gasteiger partial charge is 0.227 e. The third kappa shape index (κ3) is 9.53. The summed E-state index contributed by atoms with van der Waals surface area (Å²) in [5.74, 6) is 0.187. The van der Waals surface area contributed by atoms with Gasteiger partial charge in [-0.3, -0.25) is 4.79 Å². The van der Waals surface area contributed by atoms with Gasteiger partial charge in [-0.25, -0.2) is 0 Å². The zero-order valence-electron chi connectivity index (χ0n) is 25.8. The molecular weight excluding hydrogens is 528 g/mol. The number of rotatable bonds is 13. The van der Waals surface area contributed by atoms with Crippen molar-refractivity contribution in [3.8, 4) is 5.75 Å². The first kappa shape index (κ1) is 32.5. The molecule has 0 bridgehead atoms. The maximum Gasteiger partial charge on any atom is 0.227 e. The van der Waals surface area contributed by atoms with Crippen LogP contribution >= 0.6 is 0 Å². The minimum atomic E-state index is -2.10. The van der Waals surface area contributed by atoms with E-state index in [2.05, 4.69) is 58.2 Å². The molecule has 0 aliphatic rings. The highest BCUT2D eigenvalue weighted by molar-refractivity contribution is 6.74. The Morgan fingerprint density at radius 2 is 1.63 bits per heavy atom. The number of hydrogen-bond acceptors (Lipinski definition) is 5. The molecule has 3 aromatic carbocycles. The van der Waals surface area contributed by atoms with Crippen molar-refractivity contribution in [2.45, 2.75) is 84.0 Å². The van der Waals surface area contributed by atoms with Gasteiger partial charge in [-0.15, -0.1) is 0 Å². The lowest BCUT2D eigenvalue weighted by molar-refractivity contribution is -0.129. The van der Waals surface area contributed by atoms with Gasteiger partial charge in [-0.2, -0.15) is 0 Å². The number of aromatic hydroxyl groups is 1. The van der Waals surface area contributed by atoms with Crippen molar-refractivity contribution in [1.29, 1.82) is 0 Å². The predicted molar refractivity (Wildman–Crippen MR) is 169 cm³/mol. The number of carbonyl (C=O) groups is 1. The molecule has 3 rings (SSSR count). The summed E-state index contributed by atoms with van der Waals surface area (Å²) in [7, 11) is -0.244. The minimum Gasteiger partial charge on any atom is -0.508 e. The number of aliphatic hydroxyl groups is 1. The quantitative estimate of drug-likeness (QED) is 0.206. The van der Waals surface area contributed by atoms with Crippen LogP contribution in [0.4, 0.5) is 0 Å². The van der Waals surface area contributed by atoms with E-state index in [4.69, 9.17) is 4.43 Å². The van der Waals surface area contributed by atoms with Crippen LogP contribution in [0.1, 0.15) is 61.6 Å². The molecule has 1 amide bonds. The van der Waals surface area contributed by atoms with Crippen molar-refractivity contribution in [2.75, 3.05) is 13.6 Å². The number of phenols is 1. The van der Waals surface area contributed by atoms with E-state index < -0.39 is 8.32 Å². The van der Waals surface area contributed by atoms with Crippen molar-refractivity contribution in [3.63, 3.8) is 0 Å². The van der Waals surface area contributed by atoms with E-state index >= 15 is 0 Å². The lowest BCUT2D eigenvalue weighted by Crippen LogP contribution is -2.44. The number of aliphatic hydroxyl groups excluding tert-OH is 1. The molecule has 0 heterocycles. The van der Waals surface area contributed by atoms with Crippen molar-refractivity contribution in [2.24, 2.45) is 0 Å². The number of carbonyl (C=O) groups excluding carboxylic acids is 1. The highest BCUT2D eigenvalue weighted by atomic mass is 28.4. The van der Waals surface area contributed by atoms with Crippen LogP contribution in [0.3, 0.4) is 0 Å². The molecule has 6 nitrogen and oxygen atoms in total. The Morgan fingerprint density at radius 3 is 2.29 bits per heavy atom. The first-order valence-electron chi connectivity index (χ1n) is 14.5. The maximum absolute atomic E-state index is 12.9. The van der Waals surface area contributed by atoms with Gasteiger partial charge in [0.2, 0.25) is 5.91 Å². The fourth-order valence-electron chi connectivity index (χ4n) is 4.55. The molecule has 0 saturated carbocycles. The number of benzene rings is 3. The molecule has 3 aromatic rings. The average molecular weight is 577 g/mol. The third-order valence-electron chi connectivity index (χ3n) is 8.12. The molecule has 0 unspecified atom stereocenters. The summed E-state index contributed by atoms with van der Waals surface area (Å²) in [5, 5.41) is 23.5. The summed E-state index contributed by atoms with van der Waals surface area (Å²) in [4.78, 5) is 14.7. The second kappa shape index (κ2) is 14.3. The number of nitrogens with one attached hydrogen (secondary N) is 1. The number of likely N-dealkylation sites (N-methyl/N-ethyl adjacent to an activating group) is 1. The first-order valence-corrected chi connectivity index (χ1v) is 17.4. The molecule has 41 heavy (non-hydrogen) atoms. The minimum absolute atomic E-state index is 0.0423. The van der Waals surface area contributed by atoms with Crippen molar-refractivity contribution in [1.82, 2.24) is 10.2 Å². The zero-order valence-corrected chi connectivity index (χ0v) is 26.8. The molecule has 0 aliphatic heterocycles. The highest BCUT2D eigenvalue weighted by Gasteiger charge is 2.39. The van der Waals surface area contributed by atoms with Crippen LogP contribution in [0, 0.1) is 0 Å². The molecule has 3 N–H and O–H groups in total. The van der Waals surface area contributed by atoms with Gasteiger partial charge in [0.25, 0.3) is 0 Å². The van der Waals surface area contributed by atoms with E-state index in [0.29, 0.717) is 25.1 Å². The fraction of sp³-hybridized carbons (Fsp3) is 0.441. The highest BCUT2D eigenvalue weighted by Crippen LogP contribution is 2.40. The molecule has 0 saturated heterocycles. The first-order chi connectivity index (χ1) is 19.3. The fourth-order valence-corrected chi connectivity index (χ4v) is 5.83. The molecule has 0 fully saturated rings. The standard InChI is InChI=1S/C34H48N2O4Si/c1-25(18-27-14-11-15-28(19-27)20-33(39)36(5)23-26-12-9-8-10-13-26)35-22-32(40-41(6,7)34(2,3)4)29-16-17-31(38)30(21-29)24-37/h8-17,19,21,25,32,35,37-38H,18,20,22-24H2,1-7H3/t25-,32+/m1/s1. The van der Waals surface area contributed by atoms with Crippen LogP contribution in [0.5, 0.6) is 5.75 Å². The number of hydrogen-bond donors (Lipinski definition) is 3. The molecular formula is C34H48N2O4Si. The molecule has 7 heteroatoms. The van der Waals surface area contributed by atoms with Crippen LogP contribution in [0.25, 0.3) is 0 Å². The average Bonchev–Trinajstić information content (AvgIpc) is 2.91. The second-order valence-corrected chi connectivity index (χ2v) is 17.4. The molecule has 0 radical (unpaired) electrons.